The molecule has 138 valence electrons. The van der Waals surface area contributed by atoms with Crippen LogP contribution in [0.15, 0.2) is 30.3 Å². The molecular weight excluding hydrogens is 336 g/mol. The fraction of sp³-hybridized carbons (Fsp3) is 0.294. The Morgan fingerprint density at radius 1 is 1.08 bits per heavy atom. The molecule has 9 nitrogen and oxygen atoms in total. The molecule has 0 aliphatic heterocycles. The van der Waals surface area contributed by atoms with Gasteiger partial charge in [0, 0.05) is 37.5 Å². The van der Waals surface area contributed by atoms with E-state index in [-0.39, 0.29) is 11.9 Å². The maximum Gasteiger partial charge on any atom is 0.326 e. The van der Waals surface area contributed by atoms with Crippen molar-refractivity contribution in [2.45, 2.75) is 13.8 Å². The average molecular weight is 358 g/mol. The van der Waals surface area contributed by atoms with Crippen molar-refractivity contribution >= 4 is 29.4 Å². The molecule has 4 N–H and O–H groups in total. The molecule has 1 heterocycles. The Kier molecular flexibility index (Phi) is 6.72. The van der Waals surface area contributed by atoms with Gasteiger partial charge in [-0.05, 0) is 31.2 Å². The number of ether oxygens (including phenoxy) is 1. The van der Waals surface area contributed by atoms with Gasteiger partial charge in [-0.1, -0.05) is 0 Å². The van der Waals surface area contributed by atoms with Crippen LogP contribution in [0, 0.1) is 6.92 Å². The summed E-state index contributed by atoms with van der Waals surface area (Å²) in [5, 5.41) is 11.0. The van der Waals surface area contributed by atoms with E-state index in [4.69, 9.17) is 4.74 Å². The number of rotatable bonds is 7. The van der Waals surface area contributed by atoms with Crippen LogP contribution < -0.4 is 26.0 Å². The van der Waals surface area contributed by atoms with Crippen LogP contribution in [0.5, 0.6) is 5.75 Å². The predicted octanol–water partition coefficient (Wildman–Crippen LogP) is 1.99. The number of anilines is 3. The molecule has 1 aromatic carbocycles. The minimum atomic E-state index is -0.454. The van der Waals surface area contributed by atoms with Crippen LogP contribution in [-0.4, -0.2) is 42.1 Å². The van der Waals surface area contributed by atoms with E-state index in [1.165, 1.54) is 6.92 Å². The molecular formula is C17H22N6O3. The molecule has 0 spiro atoms. The number of aryl methyl sites for hydroxylation is 1. The van der Waals surface area contributed by atoms with E-state index in [0.29, 0.717) is 36.0 Å². The van der Waals surface area contributed by atoms with Crippen LogP contribution in [0.2, 0.25) is 0 Å². The van der Waals surface area contributed by atoms with Crippen molar-refractivity contribution in [2.24, 2.45) is 0 Å². The van der Waals surface area contributed by atoms with E-state index in [2.05, 4.69) is 31.2 Å². The number of hydrogen-bond donors (Lipinski definition) is 4. The molecule has 2 aromatic rings. The summed E-state index contributed by atoms with van der Waals surface area (Å²) < 4.78 is 5.07. The van der Waals surface area contributed by atoms with Crippen molar-refractivity contribution in [2.75, 3.05) is 36.1 Å². The third kappa shape index (κ3) is 6.27. The Bertz CT molecular complexity index is 764. The van der Waals surface area contributed by atoms with Crippen LogP contribution >= 0.6 is 0 Å². The van der Waals surface area contributed by atoms with Crippen LogP contribution in [0.3, 0.4) is 0 Å². The van der Waals surface area contributed by atoms with Gasteiger partial charge in [-0.3, -0.25) is 10.1 Å². The first-order chi connectivity index (χ1) is 12.5. The van der Waals surface area contributed by atoms with Gasteiger partial charge in [0.1, 0.15) is 11.6 Å². The minimum absolute atomic E-state index is 0.0942. The second kappa shape index (κ2) is 9.21. The lowest BCUT2D eigenvalue weighted by atomic mass is 10.3. The van der Waals surface area contributed by atoms with E-state index in [9.17, 15) is 9.59 Å². The van der Waals surface area contributed by atoms with Gasteiger partial charge in [0.2, 0.25) is 11.9 Å². The van der Waals surface area contributed by atoms with Crippen molar-refractivity contribution in [1.29, 1.82) is 0 Å². The number of benzene rings is 1. The number of aromatic nitrogens is 2. The summed E-state index contributed by atoms with van der Waals surface area (Å²) in [4.78, 5) is 31.4. The summed E-state index contributed by atoms with van der Waals surface area (Å²) in [6.45, 7) is 4.23. The van der Waals surface area contributed by atoms with Gasteiger partial charge in [-0.25, -0.2) is 9.78 Å². The second-order valence-electron chi connectivity index (χ2n) is 5.44. The number of amides is 3. The van der Waals surface area contributed by atoms with Gasteiger partial charge in [-0.2, -0.15) is 4.98 Å². The number of methoxy groups -OCH3 is 1. The monoisotopic (exact) mass is 358 g/mol. The molecule has 9 heteroatoms. The highest BCUT2D eigenvalue weighted by Crippen LogP contribution is 2.15. The van der Waals surface area contributed by atoms with Crippen molar-refractivity contribution < 1.29 is 14.3 Å². The van der Waals surface area contributed by atoms with E-state index >= 15 is 0 Å². The molecule has 1 aromatic heterocycles. The van der Waals surface area contributed by atoms with E-state index in [0.717, 1.165) is 0 Å². The zero-order chi connectivity index (χ0) is 18.9. The summed E-state index contributed by atoms with van der Waals surface area (Å²) in [5.74, 6) is 1.34. The summed E-state index contributed by atoms with van der Waals surface area (Å²) in [6, 6.07) is 8.24. The summed E-state index contributed by atoms with van der Waals surface area (Å²) in [6.07, 6.45) is 0. The lowest BCUT2D eigenvalue weighted by molar-refractivity contribution is -0.118. The topological polar surface area (TPSA) is 117 Å². The zero-order valence-electron chi connectivity index (χ0n) is 14.9. The maximum absolute atomic E-state index is 12.1. The first-order valence-corrected chi connectivity index (χ1v) is 8.02. The Morgan fingerprint density at radius 2 is 1.81 bits per heavy atom. The predicted molar refractivity (Wildman–Crippen MR) is 99.6 cm³/mol. The third-order valence-corrected chi connectivity index (χ3v) is 3.23. The van der Waals surface area contributed by atoms with Crippen LogP contribution in [0.4, 0.5) is 22.2 Å². The molecule has 3 amide bonds. The van der Waals surface area contributed by atoms with Gasteiger partial charge in [-0.15, -0.1) is 0 Å². The Morgan fingerprint density at radius 3 is 2.46 bits per heavy atom. The van der Waals surface area contributed by atoms with Crippen molar-refractivity contribution in [3.8, 4) is 5.75 Å². The van der Waals surface area contributed by atoms with Gasteiger partial charge in [0.15, 0.2) is 0 Å². The second-order valence-corrected chi connectivity index (χ2v) is 5.44. The van der Waals surface area contributed by atoms with Crippen LogP contribution in [0.25, 0.3) is 0 Å². The molecule has 0 unspecified atom stereocenters. The van der Waals surface area contributed by atoms with Crippen LogP contribution in [0.1, 0.15) is 12.6 Å². The Balaban J connectivity index is 1.92. The normalized spacial score (nSPS) is 9.96. The molecule has 0 aliphatic rings. The molecule has 26 heavy (non-hydrogen) atoms. The lowest BCUT2D eigenvalue weighted by Gasteiger charge is -2.10. The van der Waals surface area contributed by atoms with Crippen molar-refractivity contribution in [3.05, 3.63) is 36.0 Å². The molecule has 2 rings (SSSR count). The number of nitrogens with zero attached hydrogens (tertiary/aromatic N) is 2. The summed E-state index contributed by atoms with van der Waals surface area (Å²) >= 11 is 0. The quantitative estimate of drug-likeness (QED) is 0.562. The standard InChI is InChI=1S/C17H22N6O3/c1-11-10-15(19-9-8-18-12(2)24)22-16(20-11)23-17(25)21-13-4-6-14(26-3)7-5-13/h4-7,10H,8-9H2,1-3H3,(H,18,24)(H3,19,20,21,22,23,25). The first-order valence-electron chi connectivity index (χ1n) is 8.02. The molecule has 0 radical (unpaired) electrons. The fourth-order valence-corrected chi connectivity index (χ4v) is 2.08. The van der Waals surface area contributed by atoms with E-state index in [1.807, 2.05) is 0 Å². The van der Waals surface area contributed by atoms with Gasteiger partial charge in [0.25, 0.3) is 0 Å². The summed E-state index contributed by atoms with van der Waals surface area (Å²) in [7, 11) is 1.58. The van der Waals surface area contributed by atoms with E-state index < -0.39 is 6.03 Å². The maximum atomic E-state index is 12.1. The molecule has 0 aliphatic carbocycles. The Labute approximate surface area is 151 Å². The number of urea groups is 1. The highest BCUT2D eigenvalue weighted by molar-refractivity contribution is 5.98. The third-order valence-electron chi connectivity index (χ3n) is 3.23. The molecule has 0 fully saturated rings. The molecule has 0 saturated heterocycles. The van der Waals surface area contributed by atoms with Crippen molar-refractivity contribution in [1.82, 2.24) is 15.3 Å². The first kappa shape index (κ1) is 19.0. The van der Waals surface area contributed by atoms with Crippen LogP contribution in [-0.2, 0) is 4.79 Å². The molecule has 0 saturated carbocycles. The average Bonchev–Trinajstić information content (AvgIpc) is 2.58. The van der Waals surface area contributed by atoms with Gasteiger partial charge >= 0.3 is 6.03 Å². The SMILES string of the molecule is COc1ccc(NC(=O)Nc2nc(C)cc(NCCNC(C)=O)n2)cc1. The Hall–Kier alpha value is -3.36. The number of carbonyl (C=O) groups excluding carboxylic acids is 2. The number of hydrogen-bond acceptors (Lipinski definition) is 6. The highest BCUT2D eigenvalue weighted by atomic mass is 16.5. The lowest BCUT2D eigenvalue weighted by Crippen LogP contribution is -2.26. The van der Waals surface area contributed by atoms with E-state index in [1.54, 1.807) is 44.4 Å². The summed E-state index contributed by atoms with van der Waals surface area (Å²) in [5.41, 5.74) is 1.31. The van der Waals surface area contributed by atoms with Gasteiger partial charge in [0.05, 0.1) is 7.11 Å². The smallest absolute Gasteiger partial charge is 0.326 e. The van der Waals surface area contributed by atoms with Gasteiger partial charge < -0.3 is 20.7 Å². The molecule has 0 bridgehead atoms. The van der Waals surface area contributed by atoms with Crippen molar-refractivity contribution in [3.63, 3.8) is 0 Å². The molecule has 0 atom stereocenters. The zero-order valence-corrected chi connectivity index (χ0v) is 14.9. The fourth-order valence-electron chi connectivity index (χ4n) is 2.08. The largest absolute Gasteiger partial charge is 0.497 e. The number of nitrogens with one attached hydrogen (secondary N) is 4. The minimum Gasteiger partial charge on any atom is -0.497 e. The highest BCUT2D eigenvalue weighted by Gasteiger charge is 2.07. The number of carbonyl (C=O) groups is 2.